The molecule has 4 atom stereocenters. The summed E-state index contributed by atoms with van der Waals surface area (Å²) in [5, 5.41) is 1.36. The SMILES string of the molecule is CC[C@H]1O[C@@H](n2ccc3c(CC4CCCC4)nc(Cl)nc32)[C@@H]2OC(C)(C)O[C@@H]21. The van der Waals surface area contributed by atoms with Gasteiger partial charge >= 0.3 is 0 Å². The van der Waals surface area contributed by atoms with Crippen molar-refractivity contribution in [2.75, 3.05) is 0 Å². The van der Waals surface area contributed by atoms with E-state index >= 15 is 0 Å². The zero-order valence-electron chi connectivity index (χ0n) is 16.7. The Labute approximate surface area is 170 Å². The van der Waals surface area contributed by atoms with Crippen LogP contribution in [0, 0.1) is 5.92 Å². The van der Waals surface area contributed by atoms with Crippen LogP contribution in [-0.4, -0.2) is 38.6 Å². The number of hydrogen-bond donors (Lipinski definition) is 0. The van der Waals surface area contributed by atoms with E-state index in [0.717, 1.165) is 29.6 Å². The topological polar surface area (TPSA) is 58.4 Å². The summed E-state index contributed by atoms with van der Waals surface area (Å²) in [4.78, 5) is 9.13. The number of halogens is 1. The minimum absolute atomic E-state index is 0.00416. The van der Waals surface area contributed by atoms with Crippen LogP contribution in [0.4, 0.5) is 0 Å². The summed E-state index contributed by atoms with van der Waals surface area (Å²) in [6.07, 6.45) is 8.54. The van der Waals surface area contributed by atoms with Gasteiger partial charge in [-0.3, -0.25) is 0 Å². The highest BCUT2D eigenvalue weighted by molar-refractivity contribution is 6.28. The van der Waals surface area contributed by atoms with Crippen molar-refractivity contribution in [3.05, 3.63) is 23.2 Å². The van der Waals surface area contributed by atoms with Gasteiger partial charge in [-0.2, -0.15) is 4.98 Å². The molecular weight excluding hydrogens is 378 g/mol. The molecule has 0 aromatic carbocycles. The van der Waals surface area contributed by atoms with E-state index in [4.69, 9.17) is 25.8 Å². The zero-order valence-corrected chi connectivity index (χ0v) is 17.5. The highest BCUT2D eigenvalue weighted by atomic mass is 35.5. The summed E-state index contributed by atoms with van der Waals surface area (Å²) in [6.45, 7) is 6.04. The van der Waals surface area contributed by atoms with Crippen molar-refractivity contribution in [1.82, 2.24) is 14.5 Å². The van der Waals surface area contributed by atoms with Gasteiger partial charge in [0.1, 0.15) is 17.9 Å². The molecule has 0 unspecified atom stereocenters. The standard InChI is InChI=1S/C21H28ClN3O3/c1-4-15-16-17(28-21(2,3)27-16)19(26-15)25-10-9-13-14(11-12-7-5-6-8-12)23-20(22)24-18(13)25/h9-10,12,15-17,19H,4-8,11H2,1-3H3/t15-,16-,17-,19-/m1/s1. The first-order valence-corrected chi connectivity index (χ1v) is 10.9. The average molecular weight is 406 g/mol. The molecule has 0 N–H and O–H groups in total. The van der Waals surface area contributed by atoms with Crippen molar-refractivity contribution in [1.29, 1.82) is 0 Å². The first-order chi connectivity index (χ1) is 13.4. The Bertz CT molecular complexity index is 877. The van der Waals surface area contributed by atoms with E-state index < -0.39 is 5.79 Å². The molecule has 152 valence electrons. The maximum absolute atomic E-state index is 6.35. The lowest BCUT2D eigenvalue weighted by Gasteiger charge is -2.24. The molecule has 0 spiro atoms. The minimum atomic E-state index is -0.603. The van der Waals surface area contributed by atoms with E-state index in [2.05, 4.69) is 27.5 Å². The number of nitrogens with zero attached hydrogens (tertiary/aromatic N) is 3. The molecule has 28 heavy (non-hydrogen) atoms. The third-order valence-corrected chi connectivity index (χ3v) is 6.55. The molecule has 0 bridgehead atoms. The molecule has 2 aromatic heterocycles. The van der Waals surface area contributed by atoms with Crippen molar-refractivity contribution in [2.45, 2.75) is 89.6 Å². The summed E-state index contributed by atoms with van der Waals surface area (Å²) in [5.74, 6) is 0.0926. The second-order valence-corrected chi connectivity index (χ2v) is 9.13. The Kier molecular flexibility index (Phi) is 4.66. The Morgan fingerprint density at radius 1 is 1.18 bits per heavy atom. The molecular formula is C21H28ClN3O3. The van der Waals surface area contributed by atoms with Gasteiger partial charge in [0.05, 0.1) is 11.8 Å². The molecule has 5 rings (SSSR count). The molecule has 7 heteroatoms. The largest absolute Gasteiger partial charge is 0.349 e. The summed E-state index contributed by atoms with van der Waals surface area (Å²) >= 11 is 6.33. The van der Waals surface area contributed by atoms with Crippen LogP contribution in [0.5, 0.6) is 0 Å². The third-order valence-electron chi connectivity index (χ3n) is 6.38. The Morgan fingerprint density at radius 2 is 1.93 bits per heavy atom. The monoisotopic (exact) mass is 405 g/mol. The van der Waals surface area contributed by atoms with Crippen LogP contribution >= 0.6 is 11.6 Å². The molecule has 6 nitrogen and oxygen atoms in total. The van der Waals surface area contributed by atoms with Crippen LogP contribution in [0.3, 0.4) is 0 Å². The molecule has 0 amide bonds. The lowest BCUT2D eigenvalue weighted by atomic mass is 10.0. The van der Waals surface area contributed by atoms with Crippen molar-refractivity contribution < 1.29 is 14.2 Å². The van der Waals surface area contributed by atoms with Crippen LogP contribution < -0.4 is 0 Å². The first-order valence-electron chi connectivity index (χ1n) is 10.5. The highest BCUT2D eigenvalue weighted by Gasteiger charge is 2.55. The van der Waals surface area contributed by atoms with E-state index in [-0.39, 0.29) is 24.5 Å². The highest BCUT2D eigenvalue weighted by Crippen LogP contribution is 2.45. The lowest BCUT2D eigenvalue weighted by molar-refractivity contribution is -0.196. The second-order valence-electron chi connectivity index (χ2n) is 8.79. The summed E-state index contributed by atoms with van der Waals surface area (Å²) in [7, 11) is 0. The van der Waals surface area contributed by atoms with Crippen molar-refractivity contribution in [3.63, 3.8) is 0 Å². The van der Waals surface area contributed by atoms with Crippen molar-refractivity contribution in [3.8, 4) is 0 Å². The van der Waals surface area contributed by atoms with Crippen molar-refractivity contribution in [2.24, 2.45) is 5.92 Å². The summed E-state index contributed by atoms with van der Waals surface area (Å²) < 4.78 is 20.7. The number of aromatic nitrogens is 3. The predicted octanol–water partition coefficient (Wildman–Crippen LogP) is 4.64. The van der Waals surface area contributed by atoms with Gasteiger partial charge in [0.25, 0.3) is 0 Å². The van der Waals surface area contributed by atoms with E-state index in [1.54, 1.807) is 0 Å². The minimum Gasteiger partial charge on any atom is -0.349 e. The van der Waals surface area contributed by atoms with Crippen LogP contribution in [0.2, 0.25) is 5.28 Å². The Morgan fingerprint density at radius 3 is 2.68 bits per heavy atom. The molecule has 3 fully saturated rings. The van der Waals surface area contributed by atoms with Crippen LogP contribution in [0.25, 0.3) is 11.0 Å². The molecule has 4 heterocycles. The van der Waals surface area contributed by atoms with E-state index in [1.807, 2.05) is 20.0 Å². The van der Waals surface area contributed by atoms with Gasteiger partial charge in [-0.25, -0.2) is 4.98 Å². The molecule has 2 saturated heterocycles. The lowest BCUT2D eigenvalue weighted by Crippen LogP contribution is -2.28. The fourth-order valence-corrected chi connectivity index (χ4v) is 5.31. The molecule has 3 aliphatic rings. The number of ether oxygens (including phenoxy) is 3. The van der Waals surface area contributed by atoms with E-state index in [0.29, 0.717) is 11.2 Å². The average Bonchev–Trinajstić information content (AvgIpc) is 3.38. The first kappa shape index (κ1) is 18.8. The van der Waals surface area contributed by atoms with Gasteiger partial charge < -0.3 is 18.8 Å². The smallest absolute Gasteiger partial charge is 0.224 e. The number of fused-ring (bicyclic) bond motifs is 2. The van der Waals surface area contributed by atoms with Gasteiger partial charge in [0, 0.05) is 11.6 Å². The molecule has 1 saturated carbocycles. The van der Waals surface area contributed by atoms with Gasteiger partial charge in [0.15, 0.2) is 12.0 Å². The molecule has 1 aliphatic carbocycles. The van der Waals surface area contributed by atoms with Gasteiger partial charge in [-0.1, -0.05) is 32.6 Å². The third kappa shape index (κ3) is 3.15. The van der Waals surface area contributed by atoms with Crippen molar-refractivity contribution >= 4 is 22.6 Å². The number of rotatable bonds is 4. The maximum Gasteiger partial charge on any atom is 0.224 e. The normalized spacial score (nSPS) is 32.4. The Hall–Kier alpha value is -1.21. The molecule has 0 radical (unpaired) electrons. The fourth-order valence-electron chi connectivity index (χ4n) is 5.13. The van der Waals surface area contributed by atoms with Crippen LogP contribution in [0.1, 0.15) is 64.8 Å². The number of hydrogen-bond acceptors (Lipinski definition) is 5. The zero-order chi connectivity index (χ0) is 19.5. The quantitative estimate of drug-likeness (QED) is 0.693. The fraction of sp³-hybridized carbons (Fsp3) is 0.714. The summed E-state index contributed by atoms with van der Waals surface area (Å²) in [6, 6.07) is 2.09. The Balaban J connectivity index is 1.52. The van der Waals surface area contributed by atoms with Gasteiger partial charge in [-0.05, 0) is 50.3 Å². The molecule has 2 aliphatic heterocycles. The van der Waals surface area contributed by atoms with Gasteiger partial charge in [-0.15, -0.1) is 0 Å². The van der Waals surface area contributed by atoms with Crippen LogP contribution in [-0.2, 0) is 20.6 Å². The second kappa shape index (κ2) is 6.94. The maximum atomic E-state index is 6.35. The van der Waals surface area contributed by atoms with Gasteiger partial charge in [0.2, 0.25) is 5.28 Å². The predicted molar refractivity (Wildman–Crippen MR) is 106 cm³/mol. The molecule has 2 aromatic rings. The van der Waals surface area contributed by atoms with E-state index in [1.165, 1.54) is 25.7 Å². The van der Waals surface area contributed by atoms with Crippen LogP contribution in [0.15, 0.2) is 12.3 Å². The van der Waals surface area contributed by atoms with E-state index in [9.17, 15) is 0 Å². The summed E-state index contributed by atoms with van der Waals surface area (Å²) in [5.41, 5.74) is 1.87.